The molecular weight excluding hydrogens is 334 g/mol. The first-order valence-corrected chi connectivity index (χ1v) is 6.99. The fraction of sp³-hybridized carbons (Fsp3) is 0.0667. The van der Waals surface area contributed by atoms with Gasteiger partial charge in [0.25, 0.3) is 5.91 Å². The lowest BCUT2D eigenvalue weighted by Crippen LogP contribution is -2.17. The van der Waals surface area contributed by atoms with Gasteiger partial charge >= 0.3 is 0 Å². The summed E-state index contributed by atoms with van der Waals surface area (Å²) in [5.41, 5.74) is 3.70. The van der Waals surface area contributed by atoms with E-state index < -0.39 is 0 Å². The fourth-order valence-corrected chi connectivity index (χ4v) is 1.91. The molecule has 1 aromatic heterocycles. The molecule has 0 atom stereocenters. The molecule has 0 saturated carbocycles. The Bertz CT molecular complexity index is 664. The van der Waals surface area contributed by atoms with Gasteiger partial charge in [-0.1, -0.05) is 24.8 Å². The monoisotopic (exact) mass is 347 g/mol. The minimum atomic E-state index is -0.309. The maximum atomic E-state index is 11.7. The Kier molecular flexibility index (Phi) is 5.34. The lowest BCUT2D eigenvalue weighted by atomic mass is 10.2. The summed E-state index contributed by atoms with van der Waals surface area (Å²) in [4.78, 5) is 14.6. The van der Waals surface area contributed by atoms with Crippen LogP contribution in [0, 0.1) is 0 Å². The molecule has 2 N–H and O–H groups in total. The molecule has 0 saturated heterocycles. The SMILES string of the molecule is C=CCOc1cccc(/C=N\NC(=O)c2cc(Br)c[nH]2)c1. The molecule has 1 amide bonds. The van der Waals surface area contributed by atoms with Gasteiger partial charge in [0.15, 0.2) is 0 Å². The molecular formula is C15H14BrN3O2. The number of benzene rings is 1. The number of H-pyrrole nitrogens is 1. The van der Waals surface area contributed by atoms with Crippen molar-refractivity contribution in [3.8, 4) is 5.75 Å². The van der Waals surface area contributed by atoms with Crippen LogP contribution in [0.15, 0.2) is 58.8 Å². The largest absolute Gasteiger partial charge is 0.490 e. The van der Waals surface area contributed by atoms with E-state index in [0.29, 0.717) is 12.3 Å². The van der Waals surface area contributed by atoms with Crippen LogP contribution in [0.1, 0.15) is 16.1 Å². The molecule has 108 valence electrons. The summed E-state index contributed by atoms with van der Waals surface area (Å²) in [7, 11) is 0. The van der Waals surface area contributed by atoms with Gasteiger partial charge in [0.05, 0.1) is 6.21 Å². The third-order valence-electron chi connectivity index (χ3n) is 2.50. The summed E-state index contributed by atoms with van der Waals surface area (Å²) >= 11 is 3.26. The molecule has 0 fully saturated rings. The number of amides is 1. The first-order chi connectivity index (χ1) is 10.2. The molecule has 0 aliphatic heterocycles. The van der Waals surface area contributed by atoms with Crippen molar-refractivity contribution in [2.24, 2.45) is 5.10 Å². The number of hydrazone groups is 1. The van der Waals surface area contributed by atoms with Crippen LogP contribution in [0.4, 0.5) is 0 Å². The number of hydrogen-bond acceptors (Lipinski definition) is 3. The number of hydrogen-bond donors (Lipinski definition) is 2. The van der Waals surface area contributed by atoms with Crippen molar-refractivity contribution >= 4 is 28.1 Å². The predicted molar refractivity (Wildman–Crippen MR) is 85.7 cm³/mol. The Morgan fingerprint density at radius 1 is 1.48 bits per heavy atom. The van der Waals surface area contributed by atoms with Crippen LogP contribution in [0.25, 0.3) is 0 Å². The molecule has 0 unspecified atom stereocenters. The van der Waals surface area contributed by atoms with Crippen molar-refractivity contribution < 1.29 is 9.53 Å². The van der Waals surface area contributed by atoms with E-state index >= 15 is 0 Å². The molecule has 1 heterocycles. The summed E-state index contributed by atoms with van der Waals surface area (Å²) in [6, 6.07) is 9.06. The van der Waals surface area contributed by atoms with Crippen molar-refractivity contribution in [1.82, 2.24) is 10.4 Å². The second-order valence-electron chi connectivity index (χ2n) is 4.10. The number of aromatic amines is 1. The summed E-state index contributed by atoms with van der Waals surface area (Å²) < 4.78 is 6.23. The van der Waals surface area contributed by atoms with Crippen molar-refractivity contribution in [3.63, 3.8) is 0 Å². The molecule has 0 bridgehead atoms. The third-order valence-corrected chi connectivity index (χ3v) is 2.96. The van der Waals surface area contributed by atoms with E-state index in [2.05, 4.69) is 38.0 Å². The van der Waals surface area contributed by atoms with Gasteiger partial charge in [-0.15, -0.1) is 0 Å². The maximum absolute atomic E-state index is 11.7. The van der Waals surface area contributed by atoms with Crippen LogP contribution in [0.3, 0.4) is 0 Å². The van der Waals surface area contributed by atoms with Crippen LogP contribution in [-0.4, -0.2) is 23.7 Å². The highest BCUT2D eigenvalue weighted by Gasteiger charge is 2.05. The average Bonchev–Trinajstić information content (AvgIpc) is 2.92. The zero-order chi connectivity index (χ0) is 15.1. The van der Waals surface area contributed by atoms with Gasteiger partial charge in [0.1, 0.15) is 18.1 Å². The topological polar surface area (TPSA) is 66.5 Å². The van der Waals surface area contributed by atoms with Crippen LogP contribution in [-0.2, 0) is 0 Å². The summed E-state index contributed by atoms with van der Waals surface area (Å²) in [5, 5.41) is 3.91. The molecule has 0 spiro atoms. The highest BCUT2D eigenvalue weighted by molar-refractivity contribution is 9.10. The predicted octanol–water partition coefficient (Wildman–Crippen LogP) is 3.11. The van der Waals surface area contributed by atoms with E-state index in [1.807, 2.05) is 24.3 Å². The standard InChI is InChI=1S/C15H14BrN3O2/c1-2-6-21-13-5-3-4-11(7-13)9-18-19-15(20)14-8-12(16)10-17-14/h2-5,7-10,17H,1,6H2,(H,19,20)/b18-9-. The second kappa shape index (κ2) is 7.44. The molecule has 2 aromatic rings. The molecule has 0 aliphatic carbocycles. The molecule has 5 nitrogen and oxygen atoms in total. The zero-order valence-electron chi connectivity index (χ0n) is 11.2. The lowest BCUT2D eigenvalue weighted by Gasteiger charge is -2.03. The van der Waals surface area contributed by atoms with E-state index in [1.54, 1.807) is 24.6 Å². The molecule has 6 heteroatoms. The third kappa shape index (κ3) is 4.61. The Morgan fingerprint density at radius 2 is 2.33 bits per heavy atom. The van der Waals surface area contributed by atoms with Crippen LogP contribution in [0.2, 0.25) is 0 Å². The lowest BCUT2D eigenvalue weighted by molar-refractivity contribution is 0.0951. The second-order valence-corrected chi connectivity index (χ2v) is 5.02. The number of halogens is 1. The molecule has 1 aromatic carbocycles. The summed E-state index contributed by atoms with van der Waals surface area (Å²) in [5.74, 6) is 0.412. The van der Waals surface area contributed by atoms with E-state index in [4.69, 9.17) is 4.74 Å². The molecule has 0 aliphatic rings. The maximum Gasteiger partial charge on any atom is 0.287 e. The van der Waals surface area contributed by atoms with Gasteiger partial charge in [-0.3, -0.25) is 4.79 Å². The number of nitrogens with one attached hydrogen (secondary N) is 2. The van der Waals surface area contributed by atoms with Crippen LogP contribution >= 0.6 is 15.9 Å². The van der Waals surface area contributed by atoms with Gasteiger partial charge in [0.2, 0.25) is 0 Å². The van der Waals surface area contributed by atoms with E-state index in [1.165, 1.54) is 0 Å². The smallest absolute Gasteiger partial charge is 0.287 e. The van der Waals surface area contributed by atoms with Crippen molar-refractivity contribution in [1.29, 1.82) is 0 Å². The highest BCUT2D eigenvalue weighted by Crippen LogP contribution is 2.12. The van der Waals surface area contributed by atoms with E-state index in [-0.39, 0.29) is 5.91 Å². The van der Waals surface area contributed by atoms with Crippen molar-refractivity contribution in [3.05, 3.63) is 64.9 Å². The first kappa shape index (κ1) is 15.1. The van der Waals surface area contributed by atoms with Crippen LogP contribution < -0.4 is 10.2 Å². The van der Waals surface area contributed by atoms with Gasteiger partial charge in [-0.2, -0.15) is 5.10 Å². The Balaban J connectivity index is 1.94. The van der Waals surface area contributed by atoms with E-state index in [0.717, 1.165) is 15.8 Å². The minimum Gasteiger partial charge on any atom is -0.490 e. The number of nitrogens with zero attached hydrogens (tertiary/aromatic N) is 1. The quantitative estimate of drug-likeness (QED) is 0.479. The Labute approximate surface area is 130 Å². The first-order valence-electron chi connectivity index (χ1n) is 6.20. The normalized spacial score (nSPS) is 10.5. The van der Waals surface area contributed by atoms with Crippen LogP contribution in [0.5, 0.6) is 5.75 Å². The number of rotatable bonds is 6. The van der Waals surface area contributed by atoms with Gasteiger partial charge in [-0.05, 0) is 39.7 Å². The molecule has 21 heavy (non-hydrogen) atoms. The average molecular weight is 348 g/mol. The Hall–Kier alpha value is -2.34. The number of ether oxygens (including phenoxy) is 1. The molecule has 0 radical (unpaired) electrons. The number of carbonyl (C=O) groups excluding carboxylic acids is 1. The van der Waals surface area contributed by atoms with E-state index in [9.17, 15) is 4.79 Å². The highest BCUT2D eigenvalue weighted by atomic mass is 79.9. The van der Waals surface area contributed by atoms with Crippen molar-refractivity contribution in [2.45, 2.75) is 0 Å². The number of carbonyl (C=O) groups is 1. The minimum absolute atomic E-state index is 0.309. The Morgan fingerprint density at radius 3 is 3.05 bits per heavy atom. The zero-order valence-corrected chi connectivity index (χ0v) is 12.8. The van der Waals surface area contributed by atoms with Gasteiger partial charge in [0, 0.05) is 10.7 Å². The van der Waals surface area contributed by atoms with Crippen molar-refractivity contribution in [2.75, 3.05) is 6.61 Å². The van der Waals surface area contributed by atoms with Gasteiger partial charge < -0.3 is 9.72 Å². The summed E-state index contributed by atoms with van der Waals surface area (Å²) in [6.45, 7) is 4.04. The molecule has 2 rings (SSSR count). The number of aromatic nitrogens is 1. The fourth-order valence-electron chi connectivity index (χ4n) is 1.56. The van der Waals surface area contributed by atoms with Gasteiger partial charge in [-0.25, -0.2) is 5.43 Å². The summed E-state index contributed by atoms with van der Waals surface area (Å²) in [6.07, 6.45) is 4.91.